The fourth-order valence-corrected chi connectivity index (χ4v) is 8.84. The molecule has 0 aromatic heterocycles. The third-order valence-corrected chi connectivity index (χ3v) is 10.3. The molecule has 0 N–H and O–H groups in total. The summed E-state index contributed by atoms with van der Waals surface area (Å²) in [7, 11) is -0.862. The first kappa shape index (κ1) is 11.1. The van der Waals surface area contributed by atoms with E-state index in [4.69, 9.17) is 0 Å². The quantitative estimate of drug-likeness (QED) is 0.664. The minimum Gasteiger partial charge on any atom is -0.0620 e. The molecule has 0 bridgehead atoms. The highest BCUT2D eigenvalue weighted by atomic mass is 31.2. The zero-order valence-corrected chi connectivity index (χ0v) is 11.0. The summed E-state index contributed by atoms with van der Waals surface area (Å²) in [4.78, 5) is 0. The summed E-state index contributed by atoms with van der Waals surface area (Å²) in [6.07, 6.45) is 4.27. The van der Waals surface area contributed by atoms with E-state index in [0.29, 0.717) is 0 Å². The molecule has 0 aliphatic carbocycles. The minimum atomic E-state index is -0.862. The first-order valence-corrected chi connectivity index (χ1v) is 8.26. The molecule has 1 unspecified atom stereocenters. The Balaban J connectivity index is 2.45. The van der Waals surface area contributed by atoms with E-state index in [9.17, 15) is 0 Å². The van der Waals surface area contributed by atoms with E-state index in [1.807, 2.05) is 0 Å². The lowest BCUT2D eigenvalue weighted by atomic mass is 10.2. The van der Waals surface area contributed by atoms with E-state index in [0.717, 1.165) is 11.3 Å². The van der Waals surface area contributed by atoms with Crippen LogP contribution in [0.25, 0.3) is 0 Å². The van der Waals surface area contributed by atoms with Crippen molar-refractivity contribution < 1.29 is 0 Å². The molecular formula is C14H22P+. The van der Waals surface area contributed by atoms with Gasteiger partial charge in [-0.1, -0.05) is 18.2 Å². The van der Waals surface area contributed by atoms with Gasteiger partial charge in [-0.25, -0.2) is 0 Å². The smallest absolute Gasteiger partial charge is 0.0620 e. The zero-order valence-electron chi connectivity index (χ0n) is 10.1. The lowest BCUT2D eigenvalue weighted by Crippen LogP contribution is -2.24. The molecule has 0 nitrogen and oxygen atoms in total. The molecule has 15 heavy (non-hydrogen) atoms. The maximum atomic E-state index is 2.48. The summed E-state index contributed by atoms with van der Waals surface area (Å²) in [6.45, 7) is 7.36. The molecule has 1 heteroatoms. The van der Waals surface area contributed by atoms with Gasteiger partial charge < -0.3 is 0 Å². The van der Waals surface area contributed by atoms with Crippen molar-refractivity contribution in [1.82, 2.24) is 0 Å². The van der Waals surface area contributed by atoms with Gasteiger partial charge in [-0.05, 0) is 45.7 Å². The highest BCUT2D eigenvalue weighted by Crippen LogP contribution is 2.71. The molecule has 1 saturated heterocycles. The van der Waals surface area contributed by atoms with Crippen molar-refractivity contribution in [2.75, 3.05) is 6.16 Å². The number of benzene rings is 1. The van der Waals surface area contributed by atoms with Crippen LogP contribution in [0.4, 0.5) is 0 Å². The van der Waals surface area contributed by atoms with E-state index >= 15 is 0 Å². The van der Waals surface area contributed by atoms with Gasteiger partial charge in [-0.15, -0.1) is 0 Å². The minimum absolute atomic E-state index is 0.862. The Hall–Kier alpha value is -0.350. The van der Waals surface area contributed by atoms with Crippen LogP contribution in [0.3, 0.4) is 0 Å². The summed E-state index contributed by atoms with van der Waals surface area (Å²) >= 11 is 0. The van der Waals surface area contributed by atoms with Gasteiger partial charge in [0.05, 0.1) is 30.0 Å². The Bertz CT molecular complexity index is 307. The van der Waals surface area contributed by atoms with Crippen molar-refractivity contribution in [1.29, 1.82) is 0 Å². The molecule has 1 aliphatic rings. The molecule has 0 spiro atoms. The van der Waals surface area contributed by atoms with Gasteiger partial charge in [-0.2, -0.15) is 0 Å². The molecule has 0 saturated carbocycles. The Labute approximate surface area is 94.4 Å². The molecule has 82 valence electrons. The van der Waals surface area contributed by atoms with Gasteiger partial charge in [0.15, 0.2) is 0 Å². The van der Waals surface area contributed by atoms with Crippen LogP contribution in [0.1, 0.15) is 33.6 Å². The summed E-state index contributed by atoms with van der Waals surface area (Å²) < 4.78 is 0. The SMILES string of the molecule is CC[P+]1(c2ccccc2)[C@H](C)CC[C@@H]1C. The molecule has 1 aromatic rings. The number of hydrogen-bond donors (Lipinski definition) is 0. The second kappa shape index (κ2) is 4.26. The summed E-state index contributed by atoms with van der Waals surface area (Å²) in [6, 6.07) is 11.3. The van der Waals surface area contributed by atoms with Crippen molar-refractivity contribution >= 4 is 12.6 Å². The van der Waals surface area contributed by atoms with Crippen LogP contribution in [0.2, 0.25) is 0 Å². The molecule has 1 aliphatic heterocycles. The van der Waals surface area contributed by atoms with Crippen molar-refractivity contribution in [3.8, 4) is 0 Å². The molecule has 0 amide bonds. The van der Waals surface area contributed by atoms with Crippen molar-refractivity contribution in [3.05, 3.63) is 30.3 Å². The van der Waals surface area contributed by atoms with Gasteiger partial charge in [0.2, 0.25) is 0 Å². The van der Waals surface area contributed by atoms with Crippen LogP contribution >= 0.6 is 7.26 Å². The molecule has 1 heterocycles. The van der Waals surface area contributed by atoms with Gasteiger partial charge in [0, 0.05) is 0 Å². The average Bonchev–Trinajstić information content (AvgIpc) is 2.57. The fraction of sp³-hybridized carbons (Fsp3) is 0.571. The zero-order chi connectivity index (χ0) is 10.9. The lowest BCUT2D eigenvalue weighted by Gasteiger charge is -2.30. The summed E-state index contributed by atoms with van der Waals surface area (Å²) in [5, 5.41) is 1.67. The highest BCUT2D eigenvalue weighted by molar-refractivity contribution is 7.84. The second-order valence-corrected chi connectivity index (χ2v) is 9.63. The first-order chi connectivity index (χ1) is 7.21. The van der Waals surface area contributed by atoms with Crippen molar-refractivity contribution in [2.24, 2.45) is 0 Å². The maximum Gasteiger partial charge on any atom is 0.0944 e. The van der Waals surface area contributed by atoms with E-state index < -0.39 is 7.26 Å². The standard InChI is InChI=1S/C14H22P/c1-4-15(12(2)10-11-13(15)3)14-8-6-5-7-9-14/h5-9,12-13H,4,10-11H2,1-3H3/q+1/t12-,13+,15?. The van der Waals surface area contributed by atoms with Crippen LogP contribution in [0.15, 0.2) is 30.3 Å². The molecule has 0 radical (unpaired) electrons. The maximum absolute atomic E-state index is 2.48. The number of rotatable bonds is 2. The molecule has 3 atom stereocenters. The monoisotopic (exact) mass is 221 g/mol. The first-order valence-electron chi connectivity index (χ1n) is 6.15. The Morgan fingerprint density at radius 1 is 1.07 bits per heavy atom. The van der Waals surface area contributed by atoms with E-state index in [1.165, 1.54) is 19.0 Å². The Morgan fingerprint density at radius 2 is 1.60 bits per heavy atom. The lowest BCUT2D eigenvalue weighted by molar-refractivity contribution is 0.777. The largest absolute Gasteiger partial charge is 0.0944 e. The van der Waals surface area contributed by atoms with E-state index in [-0.39, 0.29) is 0 Å². The molecule has 1 aromatic carbocycles. The Morgan fingerprint density at radius 3 is 2.07 bits per heavy atom. The summed E-state index contributed by atoms with van der Waals surface area (Å²) in [5.74, 6) is 0. The summed E-state index contributed by atoms with van der Waals surface area (Å²) in [5.41, 5.74) is 1.89. The normalized spacial score (nSPS) is 35.7. The molecular weight excluding hydrogens is 199 g/mol. The third-order valence-electron chi connectivity index (χ3n) is 4.34. The fourth-order valence-electron chi connectivity index (χ4n) is 3.40. The predicted octanol–water partition coefficient (Wildman–Crippen LogP) is 3.92. The average molecular weight is 221 g/mol. The van der Waals surface area contributed by atoms with E-state index in [2.05, 4.69) is 51.1 Å². The molecule has 2 rings (SSSR count). The molecule has 1 fully saturated rings. The predicted molar refractivity (Wildman–Crippen MR) is 71.7 cm³/mol. The topological polar surface area (TPSA) is 0 Å². The van der Waals surface area contributed by atoms with E-state index in [1.54, 1.807) is 5.30 Å². The van der Waals surface area contributed by atoms with Crippen LogP contribution in [-0.4, -0.2) is 17.5 Å². The van der Waals surface area contributed by atoms with Gasteiger partial charge in [-0.3, -0.25) is 0 Å². The van der Waals surface area contributed by atoms with Crippen molar-refractivity contribution in [3.63, 3.8) is 0 Å². The van der Waals surface area contributed by atoms with Crippen LogP contribution in [0, 0.1) is 0 Å². The van der Waals surface area contributed by atoms with Gasteiger partial charge in [0.1, 0.15) is 0 Å². The third kappa shape index (κ3) is 1.64. The van der Waals surface area contributed by atoms with Crippen LogP contribution in [0.5, 0.6) is 0 Å². The second-order valence-electron chi connectivity index (χ2n) is 4.86. The van der Waals surface area contributed by atoms with Gasteiger partial charge in [0.25, 0.3) is 0 Å². The Kier molecular flexibility index (Phi) is 3.16. The van der Waals surface area contributed by atoms with Crippen LogP contribution in [-0.2, 0) is 0 Å². The van der Waals surface area contributed by atoms with Gasteiger partial charge >= 0.3 is 0 Å². The van der Waals surface area contributed by atoms with Crippen LogP contribution < -0.4 is 5.30 Å². The highest BCUT2D eigenvalue weighted by Gasteiger charge is 2.52. The van der Waals surface area contributed by atoms with Crippen molar-refractivity contribution in [2.45, 2.75) is 44.9 Å². The number of hydrogen-bond acceptors (Lipinski definition) is 0.